The Hall–Kier alpha value is -3.52. The molecule has 3 aromatic carbocycles. The van der Waals surface area contributed by atoms with Crippen molar-refractivity contribution in [1.29, 1.82) is 5.26 Å². The Bertz CT molecular complexity index is 1420. The van der Waals surface area contributed by atoms with Gasteiger partial charge in [-0.25, -0.2) is 4.39 Å². The van der Waals surface area contributed by atoms with E-state index in [1.165, 1.54) is 6.07 Å². The molecule has 0 amide bonds. The van der Waals surface area contributed by atoms with Gasteiger partial charge in [-0.15, -0.1) is 0 Å². The lowest BCUT2D eigenvalue weighted by molar-refractivity contribution is 0.306. The molecule has 0 saturated heterocycles. The van der Waals surface area contributed by atoms with Crippen molar-refractivity contribution in [3.05, 3.63) is 117 Å². The number of allylic oxidation sites excluding steroid dienone is 1. The van der Waals surface area contributed by atoms with Gasteiger partial charge in [0.25, 0.3) is 0 Å². The van der Waals surface area contributed by atoms with Crippen LogP contribution in [0.3, 0.4) is 0 Å². The van der Waals surface area contributed by atoms with Gasteiger partial charge >= 0.3 is 0 Å². The van der Waals surface area contributed by atoms with E-state index in [9.17, 15) is 9.65 Å². The number of aryl methyl sites for hydroxylation is 1. The molecular formula is C28H21Cl2FN2O. The Morgan fingerprint density at radius 2 is 1.76 bits per heavy atom. The van der Waals surface area contributed by atoms with Gasteiger partial charge in [0.2, 0.25) is 0 Å². The third-order valence-electron chi connectivity index (χ3n) is 5.56. The minimum absolute atomic E-state index is 0.281. The van der Waals surface area contributed by atoms with Crippen molar-refractivity contribution in [2.75, 3.05) is 0 Å². The molecule has 0 aliphatic rings. The van der Waals surface area contributed by atoms with Crippen molar-refractivity contribution >= 4 is 34.9 Å². The van der Waals surface area contributed by atoms with Gasteiger partial charge in [0.1, 0.15) is 18.2 Å². The second-order valence-corrected chi connectivity index (χ2v) is 8.67. The number of rotatable bonds is 6. The molecule has 170 valence electrons. The summed E-state index contributed by atoms with van der Waals surface area (Å²) in [6.45, 7) is 4.30. The predicted octanol–water partition coefficient (Wildman–Crippen LogP) is 8.18. The Labute approximate surface area is 208 Å². The minimum atomic E-state index is -0.417. The molecule has 0 aliphatic carbocycles. The zero-order chi connectivity index (χ0) is 24.2. The number of ether oxygens (including phenoxy) is 1. The molecule has 6 heteroatoms. The van der Waals surface area contributed by atoms with Gasteiger partial charge < -0.3 is 9.30 Å². The summed E-state index contributed by atoms with van der Waals surface area (Å²) in [6, 6.07) is 23.4. The standard InChI is InChI=1S/C28H21Cl2FN2O/c1-18-13-21(14-22(16-32)26-5-3-4-6-28(26)31)19(2)33(18)24-9-11-25(12-10-24)34-17-20-7-8-23(29)15-27(20)30/h3-15H,17H2,1-2H3/b22-14-. The van der Waals surface area contributed by atoms with Crippen LogP contribution in [0.25, 0.3) is 17.3 Å². The maximum atomic E-state index is 14.2. The van der Waals surface area contributed by atoms with E-state index >= 15 is 0 Å². The first-order chi connectivity index (χ1) is 16.4. The topological polar surface area (TPSA) is 38.0 Å². The number of hydrogen-bond acceptors (Lipinski definition) is 2. The maximum absolute atomic E-state index is 14.2. The summed E-state index contributed by atoms with van der Waals surface area (Å²) in [6.07, 6.45) is 1.73. The van der Waals surface area contributed by atoms with Gasteiger partial charge in [-0.2, -0.15) is 5.26 Å². The highest BCUT2D eigenvalue weighted by Gasteiger charge is 2.13. The molecule has 0 aliphatic heterocycles. The van der Waals surface area contributed by atoms with Crippen LogP contribution in [0.2, 0.25) is 10.0 Å². The average molecular weight is 491 g/mol. The fraction of sp³-hybridized carbons (Fsp3) is 0.107. The fourth-order valence-corrected chi connectivity index (χ4v) is 4.29. The molecule has 0 N–H and O–H groups in total. The molecule has 0 spiro atoms. The van der Waals surface area contributed by atoms with E-state index in [-0.39, 0.29) is 11.1 Å². The van der Waals surface area contributed by atoms with E-state index in [2.05, 4.69) is 10.6 Å². The van der Waals surface area contributed by atoms with Gasteiger partial charge in [0.15, 0.2) is 0 Å². The van der Waals surface area contributed by atoms with Crippen LogP contribution in [0.15, 0.2) is 72.8 Å². The van der Waals surface area contributed by atoms with E-state index < -0.39 is 5.82 Å². The van der Waals surface area contributed by atoms with Crippen molar-refractivity contribution in [3.8, 4) is 17.5 Å². The first kappa shape index (κ1) is 23.6. The molecule has 0 radical (unpaired) electrons. The average Bonchev–Trinajstić information content (AvgIpc) is 3.10. The van der Waals surface area contributed by atoms with Crippen molar-refractivity contribution < 1.29 is 9.13 Å². The van der Waals surface area contributed by atoms with Gasteiger partial charge in [0, 0.05) is 38.2 Å². The van der Waals surface area contributed by atoms with Crippen LogP contribution in [-0.4, -0.2) is 4.57 Å². The Morgan fingerprint density at radius 1 is 1.03 bits per heavy atom. The lowest BCUT2D eigenvalue weighted by Crippen LogP contribution is -2.00. The van der Waals surface area contributed by atoms with Crippen LogP contribution in [0.5, 0.6) is 5.75 Å². The zero-order valence-corrected chi connectivity index (χ0v) is 20.2. The third-order valence-corrected chi connectivity index (χ3v) is 6.15. The Kier molecular flexibility index (Phi) is 7.07. The van der Waals surface area contributed by atoms with Crippen molar-refractivity contribution in [1.82, 2.24) is 4.57 Å². The van der Waals surface area contributed by atoms with E-state index in [1.54, 1.807) is 36.4 Å². The highest BCUT2D eigenvalue weighted by molar-refractivity contribution is 6.35. The summed E-state index contributed by atoms with van der Waals surface area (Å²) >= 11 is 12.2. The van der Waals surface area contributed by atoms with E-state index in [0.717, 1.165) is 28.2 Å². The van der Waals surface area contributed by atoms with Crippen molar-refractivity contribution in [3.63, 3.8) is 0 Å². The van der Waals surface area contributed by atoms with Gasteiger partial charge in [-0.1, -0.05) is 47.5 Å². The normalized spacial score (nSPS) is 11.4. The molecule has 1 heterocycles. The van der Waals surface area contributed by atoms with Crippen LogP contribution in [0.1, 0.15) is 28.1 Å². The van der Waals surface area contributed by atoms with Crippen LogP contribution in [-0.2, 0) is 6.61 Å². The number of nitrogens with zero attached hydrogens (tertiary/aromatic N) is 2. The molecule has 34 heavy (non-hydrogen) atoms. The summed E-state index contributed by atoms with van der Waals surface area (Å²) in [5.74, 6) is 0.295. The molecule has 3 nitrogen and oxygen atoms in total. The van der Waals surface area contributed by atoms with Crippen LogP contribution in [0.4, 0.5) is 4.39 Å². The molecule has 0 unspecified atom stereocenters. The molecule has 0 saturated carbocycles. The highest BCUT2D eigenvalue weighted by atomic mass is 35.5. The summed E-state index contributed by atoms with van der Waals surface area (Å²) in [4.78, 5) is 0. The van der Waals surface area contributed by atoms with Crippen LogP contribution < -0.4 is 4.74 Å². The van der Waals surface area contributed by atoms with Crippen molar-refractivity contribution in [2.24, 2.45) is 0 Å². The molecule has 1 aromatic heterocycles. The number of halogens is 3. The summed E-state index contributed by atoms with van der Waals surface area (Å²) in [5.41, 5.74) is 5.18. The lowest BCUT2D eigenvalue weighted by atomic mass is 10.0. The first-order valence-corrected chi connectivity index (χ1v) is 11.4. The molecule has 0 bridgehead atoms. The first-order valence-electron chi connectivity index (χ1n) is 10.6. The second-order valence-electron chi connectivity index (χ2n) is 7.83. The molecule has 0 atom stereocenters. The summed E-state index contributed by atoms with van der Waals surface area (Å²) in [5, 5.41) is 10.8. The Balaban J connectivity index is 1.57. The smallest absolute Gasteiger partial charge is 0.131 e. The zero-order valence-electron chi connectivity index (χ0n) is 18.6. The fourth-order valence-electron chi connectivity index (χ4n) is 3.83. The second kappa shape index (κ2) is 10.2. The van der Waals surface area contributed by atoms with Gasteiger partial charge in [-0.3, -0.25) is 0 Å². The number of nitriles is 1. The molecule has 4 aromatic rings. The SMILES string of the molecule is Cc1cc(/C=C(/C#N)c2ccccc2F)c(C)n1-c1ccc(OCc2ccc(Cl)cc2Cl)cc1. The lowest BCUT2D eigenvalue weighted by Gasteiger charge is -2.12. The summed E-state index contributed by atoms with van der Waals surface area (Å²) < 4.78 is 22.2. The predicted molar refractivity (Wildman–Crippen MR) is 136 cm³/mol. The molecular weight excluding hydrogens is 470 g/mol. The summed E-state index contributed by atoms with van der Waals surface area (Å²) in [7, 11) is 0. The molecule has 4 rings (SSSR count). The van der Waals surface area contributed by atoms with Gasteiger partial charge in [0.05, 0.1) is 11.6 Å². The molecule has 0 fully saturated rings. The van der Waals surface area contributed by atoms with Crippen LogP contribution >= 0.6 is 23.2 Å². The number of hydrogen-bond donors (Lipinski definition) is 0. The number of aromatic nitrogens is 1. The maximum Gasteiger partial charge on any atom is 0.131 e. The minimum Gasteiger partial charge on any atom is -0.489 e. The largest absolute Gasteiger partial charge is 0.489 e. The van der Waals surface area contributed by atoms with Crippen molar-refractivity contribution in [2.45, 2.75) is 20.5 Å². The van der Waals surface area contributed by atoms with Crippen LogP contribution in [0, 0.1) is 31.0 Å². The van der Waals surface area contributed by atoms with E-state index in [1.807, 2.05) is 50.2 Å². The number of benzene rings is 3. The quantitative estimate of drug-likeness (QED) is 0.255. The monoisotopic (exact) mass is 490 g/mol. The highest BCUT2D eigenvalue weighted by Crippen LogP contribution is 2.28. The van der Waals surface area contributed by atoms with E-state index in [4.69, 9.17) is 27.9 Å². The third kappa shape index (κ3) is 5.02. The van der Waals surface area contributed by atoms with E-state index in [0.29, 0.717) is 22.4 Å². The Morgan fingerprint density at radius 3 is 2.44 bits per heavy atom. The van der Waals surface area contributed by atoms with Gasteiger partial charge in [-0.05, 0) is 74.0 Å².